The lowest BCUT2D eigenvalue weighted by Crippen LogP contribution is -2.18. The van der Waals surface area contributed by atoms with E-state index in [-0.39, 0.29) is 6.10 Å². The summed E-state index contributed by atoms with van der Waals surface area (Å²) < 4.78 is 5.74. The molecule has 2 rings (SSSR count). The summed E-state index contributed by atoms with van der Waals surface area (Å²) >= 11 is 0. The van der Waals surface area contributed by atoms with Gasteiger partial charge in [-0.1, -0.05) is 6.07 Å². The average Bonchev–Trinajstić information content (AvgIpc) is 2.40. The predicted molar refractivity (Wildman–Crippen MR) is 87.7 cm³/mol. The molecule has 1 heterocycles. The number of nitrogens with two attached hydrogens (primary N) is 1. The molecule has 0 fully saturated rings. The molecule has 4 nitrogen and oxygen atoms in total. The third-order valence-corrected chi connectivity index (χ3v) is 3.15. The van der Waals surface area contributed by atoms with Gasteiger partial charge in [-0.05, 0) is 45.0 Å². The van der Waals surface area contributed by atoms with Gasteiger partial charge < -0.3 is 15.4 Å². The fraction of sp³-hybridized carbons (Fsp3) is 0.353. The van der Waals surface area contributed by atoms with Crippen molar-refractivity contribution in [3.8, 4) is 5.75 Å². The molecular formula is C17H23N3O. The lowest BCUT2D eigenvalue weighted by molar-refractivity contribution is 0.244. The van der Waals surface area contributed by atoms with E-state index in [1.54, 1.807) is 0 Å². The van der Waals surface area contributed by atoms with Crippen molar-refractivity contribution in [1.82, 2.24) is 4.98 Å². The van der Waals surface area contributed by atoms with E-state index in [0.29, 0.717) is 5.69 Å². The fourth-order valence-corrected chi connectivity index (χ4v) is 2.14. The Morgan fingerprint density at radius 2 is 2.00 bits per heavy atom. The molecule has 0 unspecified atom stereocenters. The first kappa shape index (κ1) is 15.2. The minimum absolute atomic E-state index is 0.103. The van der Waals surface area contributed by atoms with Gasteiger partial charge in [-0.15, -0.1) is 0 Å². The highest BCUT2D eigenvalue weighted by Crippen LogP contribution is 2.28. The number of aryl methyl sites for hydroxylation is 1. The summed E-state index contributed by atoms with van der Waals surface area (Å²) in [6.07, 6.45) is 0.103. The zero-order valence-electron chi connectivity index (χ0n) is 13.1. The van der Waals surface area contributed by atoms with Crippen molar-refractivity contribution in [3.63, 3.8) is 0 Å². The van der Waals surface area contributed by atoms with Gasteiger partial charge in [0.2, 0.25) is 0 Å². The van der Waals surface area contributed by atoms with Gasteiger partial charge in [0.25, 0.3) is 0 Å². The largest absolute Gasteiger partial charge is 0.489 e. The van der Waals surface area contributed by atoms with Crippen molar-refractivity contribution >= 4 is 11.4 Å². The van der Waals surface area contributed by atoms with Crippen LogP contribution in [-0.2, 0) is 6.54 Å². The van der Waals surface area contributed by atoms with Crippen LogP contribution >= 0.6 is 0 Å². The van der Waals surface area contributed by atoms with Crippen molar-refractivity contribution in [2.24, 2.45) is 0 Å². The van der Waals surface area contributed by atoms with Gasteiger partial charge in [-0.25, -0.2) is 0 Å². The highest BCUT2D eigenvalue weighted by atomic mass is 16.5. The lowest BCUT2D eigenvalue weighted by atomic mass is 10.2. The summed E-state index contributed by atoms with van der Waals surface area (Å²) in [7, 11) is 2.04. The molecule has 0 saturated heterocycles. The summed E-state index contributed by atoms with van der Waals surface area (Å²) in [6.45, 7) is 6.73. The summed E-state index contributed by atoms with van der Waals surface area (Å²) in [5.74, 6) is 0.728. The van der Waals surface area contributed by atoms with Crippen molar-refractivity contribution in [1.29, 1.82) is 0 Å². The third kappa shape index (κ3) is 4.12. The maximum Gasteiger partial charge on any atom is 0.144 e. The molecule has 2 N–H and O–H groups in total. The number of pyridine rings is 1. The van der Waals surface area contributed by atoms with Crippen molar-refractivity contribution in [2.75, 3.05) is 17.7 Å². The second-order valence-electron chi connectivity index (χ2n) is 5.52. The number of hydrogen-bond acceptors (Lipinski definition) is 4. The van der Waals surface area contributed by atoms with Gasteiger partial charge in [0.1, 0.15) is 5.75 Å². The third-order valence-electron chi connectivity index (χ3n) is 3.15. The van der Waals surface area contributed by atoms with Crippen LogP contribution < -0.4 is 15.4 Å². The van der Waals surface area contributed by atoms with Crippen LogP contribution in [0.1, 0.15) is 25.2 Å². The molecule has 0 bridgehead atoms. The van der Waals surface area contributed by atoms with Crippen LogP contribution in [0, 0.1) is 6.92 Å². The van der Waals surface area contributed by atoms with Crippen LogP contribution in [0.25, 0.3) is 0 Å². The molecule has 2 aromatic rings. The second kappa shape index (κ2) is 6.48. The number of hydrogen-bond donors (Lipinski definition) is 1. The van der Waals surface area contributed by atoms with Crippen LogP contribution in [0.4, 0.5) is 11.4 Å². The van der Waals surface area contributed by atoms with E-state index in [1.807, 2.05) is 64.2 Å². The molecule has 0 saturated carbocycles. The van der Waals surface area contributed by atoms with Crippen LogP contribution in [0.15, 0.2) is 36.4 Å². The Kier molecular flexibility index (Phi) is 4.68. The standard InChI is InChI=1S/C17H23N3O/c1-12(2)21-17-10-15(8-9-16(17)18)20(4)11-14-7-5-6-13(3)19-14/h5-10,12H,11,18H2,1-4H3. The van der Waals surface area contributed by atoms with E-state index in [0.717, 1.165) is 29.4 Å². The molecule has 1 aromatic carbocycles. The van der Waals surface area contributed by atoms with Crippen LogP contribution in [0.3, 0.4) is 0 Å². The molecule has 0 spiro atoms. The number of nitrogen functional groups attached to an aromatic ring is 1. The maximum absolute atomic E-state index is 5.95. The van der Waals surface area contributed by atoms with Gasteiger partial charge >= 0.3 is 0 Å². The first-order valence-electron chi connectivity index (χ1n) is 7.15. The maximum atomic E-state index is 5.95. The van der Waals surface area contributed by atoms with Gasteiger partial charge in [0.05, 0.1) is 24.0 Å². The van der Waals surface area contributed by atoms with E-state index >= 15 is 0 Å². The summed E-state index contributed by atoms with van der Waals surface area (Å²) in [5, 5.41) is 0. The summed E-state index contributed by atoms with van der Waals surface area (Å²) in [6, 6.07) is 11.9. The normalized spacial score (nSPS) is 10.7. The van der Waals surface area contributed by atoms with E-state index in [9.17, 15) is 0 Å². The fourth-order valence-electron chi connectivity index (χ4n) is 2.14. The topological polar surface area (TPSA) is 51.4 Å². The summed E-state index contributed by atoms with van der Waals surface area (Å²) in [4.78, 5) is 6.66. The Hall–Kier alpha value is -2.23. The molecule has 0 aliphatic heterocycles. The molecule has 1 aromatic heterocycles. The summed E-state index contributed by atoms with van der Waals surface area (Å²) in [5.41, 5.74) is 9.75. The Morgan fingerprint density at radius 1 is 1.24 bits per heavy atom. The van der Waals surface area contributed by atoms with Crippen LogP contribution in [-0.4, -0.2) is 18.1 Å². The highest BCUT2D eigenvalue weighted by Gasteiger charge is 2.08. The molecule has 0 aliphatic carbocycles. The van der Waals surface area contributed by atoms with Crippen molar-refractivity contribution in [2.45, 2.75) is 33.4 Å². The number of nitrogens with zero attached hydrogens (tertiary/aromatic N) is 2. The number of benzene rings is 1. The minimum atomic E-state index is 0.103. The number of ether oxygens (including phenoxy) is 1. The lowest BCUT2D eigenvalue weighted by Gasteiger charge is -2.21. The Bertz CT molecular complexity index is 611. The Labute approximate surface area is 126 Å². The molecule has 0 amide bonds. The monoisotopic (exact) mass is 285 g/mol. The SMILES string of the molecule is Cc1cccc(CN(C)c2ccc(N)c(OC(C)C)c2)n1. The Balaban J connectivity index is 2.17. The first-order valence-corrected chi connectivity index (χ1v) is 7.15. The van der Waals surface area contributed by atoms with Gasteiger partial charge in [0.15, 0.2) is 0 Å². The second-order valence-corrected chi connectivity index (χ2v) is 5.52. The van der Waals surface area contributed by atoms with Gasteiger partial charge in [-0.3, -0.25) is 4.98 Å². The molecular weight excluding hydrogens is 262 g/mol. The van der Waals surface area contributed by atoms with Gasteiger partial charge in [-0.2, -0.15) is 0 Å². The van der Waals surface area contributed by atoms with E-state index in [2.05, 4.69) is 9.88 Å². The smallest absolute Gasteiger partial charge is 0.144 e. The number of rotatable bonds is 5. The predicted octanol–water partition coefficient (Wildman–Crippen LogP) is 3.40. The first-order chi connectivity index (χ1) is 9.95. The van der Waals surface area contributed by atoms with E-state index < -0.39 is 0 Å². The number of anilines is 2. The van der Waals surface area contributed by atoms with Crippen molar-refractivity contribution < 1.29 is 4.74 Å². The van der Waals surface area contributed by atoms with Crippen LogP contribution in [0.5, 0.6) is 5.75 Å². The molecule has 0 radical (unpaired) electrons. The number of aromatic nitrogens is 1. The van der Waals surface area contributed by atoms with Crippen LogP contribution in [0.2, 0.25) is 0 Å². The molecule has 0 atom stereocenters. The highest BCUT2D eigenvalue weighted by molar-refractivity contribution is 5.62. The molecule has 0 aliphatic rings. The zero-order valence-corrected chi connectivity index (χ0v) is 13.1. The Morgan fingerprint density at radius 3 is 2.67 bits per heavy atom. The molecule has 21 heavy (non-hydrogen) atoms. The quantitative estimate of drug-likeness (QED) is 0.855. The molecule has 112 valence electrons. The minimum Gasteiger partial charge on any atom is -0.489 e. The zero-order chi connectivity index (χ0) is 15.4. The van der Waals surface area contributed by atoms with E-state index in [4.69, 9.17) is 10.5 Å². The average molecular weight is 285 g/mol. The van der Waals surface area contributed by atoms with E-state index in [1.165, 1.54) is 0 Å². The molecule has 4 heteroatoms. The van der Waals surface area contributed by atoms with Crippen molar-refractivity contribution in [3.05, 3.63) is 47.8 Å². The van der Waals surface area contributed by atoms with Gasteiger partial charge in [0, 0.05) is 24.5 Å².